The second kappa shape index (κ2) is 5.53. The lowest BCUT2D eigenvalue weighted by Crippen LogP contribution is -2.54. The van der Waals surface area contributed by atoms with E-state index in [2.05, 4.69) is 0 Å². The molecule has 0 aliphatic carbocycles. The summed E-state index contributed by atoms with van der Waals surface area (Å²) in [4.78, 5) is 10.4. The fraction of sp³-hybridized carbons (Fsp3) is 0.875. The number of rotatable bonds is 4. The van der Waals surface area contributed by atoms with Gasteiger partial charge in [-0.05, 0) is 0 Å². The molecule has 0 aromatic carbocycles. The molecule has 0 spiro atoms. The number of carboxylic acids is 1. The molecule has 16 heavy (non-hydrogen) atoms. The van der Waals surface area contributed by atoms with Crippen molar-refractivity contribution in [2.75, 3.05) is 13.2 Å². The topological polar surface area (TPSA) is 142 Å². The Hall–Kier alpha value is -0.770. The molecule has 0 aromatic rings. The van der Waals surface area contributed by atoms with Gasteiger partial charge in [-0.2, -0.15) is 0 Å². The molecule has 1 saturated heterocycles. The summed E-state index contributed by atoms with van der Waals surface area (Å²) >= 11 is 0. The molecule has 6 N–H and O–H groups in total. The van der Waals surface area contributed by atoms with E-state index in [-0.39, 0.29) is 13.2 Å². The molecule has 1 aliphatic rings. The van der Waals surface area contributed by atoms with Crippen molar-refractivity contribution < 1.29 is 34.7 Å². The van der Waals surface area contributed by atoms with Crippen LogP contribution in [0.25, 0.3) is 0 Å². The zero-order valence-corrected chi connectivity index (χ0v) is 8.39. The van der Waals surface area contributed by atoms with E-state index in [1.165, 1.54) is 0 Å². The Morgan fingerprint density at radius 3 is 2.62 bits per heavy atom. The average Bonchev–Trinajstić information content (AvgIpc) is 2.24. The summed E-state index contributed by atoms with van der Waals surface area (Å²) in [6, 6.07) is -1.24. The molecule has 1 heterocycles. The minimum atomic E-state index is -1.44. The molecule has 1 rings (SSSR count). The van der Waals surface area contributed by atoms with Gasteiger partial charge in [0.2, 0.25) is 0 Å². The highest BCUT2D eigenvalue weighted by molar-refractivity contribution is 5.73. The van der Waals surface area contributed by atoms with Gasteiger partial charge in [0.1, 0.15) is 24.4 Å². The molecule has 0 bridgehead atoms. The van der Waals surface area contributed by atoms with Gasteiger partial charge in [-0.1, -0.05) is 0 Å². The molecule has 0 amide bonds. The third-order valence-electron chi connectivity index (χ3n) is 2.21. The highest BCUT2D eigenvalue weighted by Crippen LogP contribution is 2.16. The maximum Gasteiger partial charge on any atom is 0.322 e. The number of ether oxygens (including phenoxy) is 2. The standard InChI is InChI=1S/C8H15NO7/c9-3(7(13)14)1-15-8-6(12)5(11)4(10)2-16-8/h3-6,8,10-12H,1-2,9H2,(H,13,14)/t3?,4-,5+,6-,8?/m1/s1. The van der Waals surface area contributed by atoms with Gasteiger partial charge in [-0.25, -0.2) is 0 Å². The lowest BCUT2D eigenvalue weighted by Gasteiger charge is -2.35. The van der Waals surface area contributed by atoms with Crippen molar-refractivity contribution in [3.63, 3.8) is 0 Å². The number of hydrogen-bond acceptors (Lipinski definition) is 7. The van der Waals surface area contributed by atoms with Crippen molar-refractivity contribution in [2.45, 2.75) is 30.6 Å². The quantitative estimate of drug-likeness (QED) is 0.345. The molecule has 0 aromatic heterocycles. The van der Waals surface area contributed by atoms with Crippen molar-refractivity contribution in [3.8, 4) is 0 Å². The van der Waals surface area contributed by atoms with Crippen LogP contribution in [0.15, 0.2) is 0 Å². The van der Waals surface area contributed by atoms with E-state index < -0.39 is 36.6 Å². The summed E-state index contributed by atoms with van der Waals surface area (Å²) in [5, 5.41) is 36.3. The smallest absolute Gasteiger partial charge is 0.322 e. The summed E-state index contributed by atoms with van der Waals surface area (Å²) in [5.74, 6) is -1.24. The van der Waals surface area contributed by atoms with E-state index in [1.54, 1.807) is 0 Å². The van der Waals surface area contributed by atoms with E-state index in [0.717, 1.165) is 0 Å². The molecular weight excluding hydrogens is 222 g/mol. The van der Waals surface area contributed by atoms with Crippen LogP contribution in [0.5, 0.6) is 0 Å². The Labute approximate surface area is 91.2 Å². The van der Waals surface area contributed by atoms with Gasteiger partial charge in [0.15, 0.2) is 6.29 Å². The Morgan fingerprint density at radius 1 is 1.44 bits per heavy atom. The fourth-order valence-electron chi connectivity index (χ4n) is 1.20. The molecular formula is C8H15NO7. The highest BCUT2D eigenvalue weighted by Gasteiger charge is 2.38. The number of hydrogen-bond donors (Lipinski definition) is 5. The lowest BCUT2D eigenvalue weighted by atomic mass is 10.1. The summed E-state index contributed by atoms with van der Waals surface area (Å²) in [6.07, 6.45) is -5.21. The van der Waals surface area contributed by atoms with Gasteiger partial charge in [0.05, 0.1) is 13.2 Å². The van der Waals surface area contributed by atoms with E-state index in [9.17, 15) is 15.0 Å². The van der Waals surface area contributed by atoms with Crippen molar-refractivity contribution in [1.82, 2.24) is 0 Å². The second-order valence-corrected chi connectivity index (χ2v) is 3.53. The molecule has 0 saturated carbocycles. The summed E-state index contributed by atoms with van der Waals surface area (Å²) < 4.78 is 9.76. The maximum absolute atomic E-state index is 10.4. The van der Waals surface area contributed by atoms with Crippen LogP contribution >= 0.6 is 0 Å². The van der Waals surface area contributed by atoms with Crippen LogP contribution < -0.4 is 5.73 Å². The molecule has 94 valence electrons. The fourth-order valence-corrected chi connectivity index (χ4v) is 1.20. The number of carboxylic acid groups (broad SMARTS) is 1. The first-order chi connectivity index (χ1) is 7.43. The maximum atomic E-state index is 10.4. The van der Waals surface area contributed by atoms with E-state index in [0.29, 0.717) is 0 Å². The van der Waals surface area contributed by atoms with Crippen molar-refractivity contribution >= 4 is 5.97 Å². The Morgan fingerprint density at radius 2 is 2.06 bits per heavy atom. The monoisotopic (exact) mass is 237 g/mol. The predicted molar refractivity (Wildman–Crippen MR) is 49.3 cm³/mol. The molecule has 8 nitrogen and oxygen atoms in total. The third-order valence-corrected chi connectivity index (χ3v) is 2.21. The first-order valence-corrected chi connectivity index (χ1v) is 4.69. The van der Waals surface area contributed by atoms with E-state index in [1.807, 2.05) is 0 Å². The van der Waals surface area contributed by atoms with Crippen LogP contribution in [0, 0.1) is 0 Å². The van der Waals surface area contributed by atoms with Gasteiger partial charge >= 0.3 is 5.97 Å². The van der Waals surface area contributed by atoms with Crippen LogP contribution in [0.4, 0.5) is 0 Å². The van der Waals surface area contributed by atoms with Gasteiger partial charge in [0, 0.05) is 0 Å². The van der Waals surface area contributed by atoms with Gasteiger partial charge < -0.3 is 35.6 Å². The summed E-state index contributed by atoms with van der Waals surface area (Å²) in [7, 11) is 0. The van der Waals surface area contributed by atoms with Crippen LogP contribution in [0.1, 0.15) is 0 Å². The van der Waals surface area contributed by atoms with Crippen molar-refractivity contribution in [2.24, 2.45) is 5.73 Å². The summed E-state index contributed by atoms with van der Waals surface area (Å²) in [5.41, 5.74) is 5.17. The van der Waals surface area contributed by atoms with Crippen LogP contribution in [-0.4, -0.2) is 70.3 Å². The van der Waals surface area contributed by atoms with Crippen LogP contribution in [0.3, 0.4) is 0 Å². The number of carbonyl (C=O) groups is 1. The van der Waals surface area contributed by atoms with Gasteiger partial charge in [0.25, 0.3) is 0 Å². The first kappa shape index (κ1) is 13.3. The zero-order chi connectivity index (χ0) is 12.3. The van der Waals surface area contributed by atoms with Crippen LogP contribution in [0.2, 0.25) is 0 Å². The highest BCUT2D eigenvalue weighted by atomic mass is 16.7. The molecule has 5 atom stereocenters. The normalized spacial score (nSPS) is 37.0. The van der Waals surface area contributed by atoms with Crippen molar-refractivity contribution in [3.05, 3.63) is 0 Å². The third kappa shape index (κ3) is 3.11. The number of aliphatic hydroxyl groups excluding tert-OH is 3. The van der Waals surface area contributed by atoms with Crippen LogP contribution in [-0.2, 0) is 14.3 Å². The number of nitrogens with two attached hydrogens (primary N) is 1. The molecule has 2 unspecified atom stereocenters. The van der Waals surface area contributed by atoms with Gasteiger partial charge in [-0.3, -0.25) is 4.79 Å². The first-order valence-electron chi connectivity index (χ1n) is 4.69. The average molecular weight is 237 g/mol. The number of aliphatic hydroxyl groups is 3. The minimum Gasteiger partial charge on any atom is -0.480 e. The Bertz CT molecular complexity index is 249. The molecule has 1 aliphatic heterocycles. The van der Waals surface area contributed by atoms with E-state index >= 15 is 0 Å². The SMILES string of the molecule is NC(COC1OC[C@@H](O)[C@H](O)[C@H]1O)C(=O)O. The second-order valence-electron chi connectivity index (χ2n) is 3.53. The van der Waals surface area contributed by atoms with Gasteiger partial charge in [-0.15, -0.1) is 0 Å². The lowest BCUT2D eigenvalue weighted by molar-refractivity contribution is -0.270. The number of aliphatic carboxylic acids is 1. The predicted octanol–water partition coefficient (Wildman–Crippen LogP) is -3.15. The Balaban J connectivity index is 2.40. The largest absolute Gasteiger partial charge is 0.480 e. The Kier molecular flexibility index (Phi) is 4.59. The minimum absolute atomic E-state index is 0.203. The van der Waals surface area contributed by atoms with Crippen molar-refractivity contribution in [1.29, 1.82) is 0 Å². The molecule has 0 radical (unpaired) electrons. The van der Waals surface area contributed by atoms with E-state index in [4.69, 9.17) is 25.4 Å². The molecule has 8 heteroatoms. The zero-order valence-electron chi connectivity index (χ0n) is 8.39. The summed E-state index contributed by atoms with van der Waals surface area (Å²) in [6.45, 7) is -0.564. The molecule has 1 fully saturated rings.